The maximum atomic E-state index is 11.7. The second-order valence-corrected chi connectivity index (χ2v) is 4.70. The van der Waals surface area contributed by atoms with Gasteiger partial charge in [0.25, 0.3) is 0 Å². The van der Waals surface area contributed by atoms with Gasteiger partial charge in [-0.1, -0.05) is 22.0 Å². The van der Waals surface area contributed by atoms with Crippen molar-refractivity contribution in [1.29, 1.82) is 0 Å². The lowest BCUT2D eigenvalue weighted by Crippen LogP contribution is -2.28. The van der Waals surface area contributed by atoms with E-state index >= 15 is 0 Å². The first-order valence-corrected chi connectivity index (χ1v) is 5.72. The molecule has 0 bridgehead atoms. The first kappa shape index (κ1) is 11.1. The summed E-state index contributed by atoms with van der Waals surface area (Å²) in [5.41, 5.74) is 6.00. The highest BCUT2D eigenvalue weighted by molar-refractivity contribution is 9.10. The molecule has 1 fully saturated rings. The lowest BCUT2D eigenvalue weighted by Gasteiger charge is -2.16. The van der Waals surface area contributed by atoms with Crippen LogP contribution in [-0.2, 0) is 9.59 Å². The van der Waals surface area contributed by atoms with Crippen molar-refractivity contribution in [2.24, 2.45) is 11.7 Å². The molecule has 0 unspecified atom stereocenters. The molecule has 16 heavy (non-hydrogen) atoms. The van der Waals surface area contributed by atoms with Gasteiger partial charge >= 0.3 is 0 Å². The molecule has 1 aliphatic heterocycles. The molecule has 1 aliphatic rings. The highest BCUT2D eigenvalue weighted by Crippen LogP contribution is 2.26. The first-order valence-electron chi connectivity index (χ1n) is 4.93. The summed E-state index contributed by atoms with van der Waals surface area (Å²) in [6, 6.07) is 7.42. The summed E-state index contributed by atoms with van der Waals surface area (Å²) in [5, 5.41) is 0. The van der Waals surface area contributed by atoms with Gasteiger partial charge in [0.2, 0.25) is 11.8 Å². The summed E-state index contributed by atoms with van der Waals surface area (Å²) in [4.78, 5) is 24.3. The van der Waals surface area contributed by atoms with E-state index in [-0.39, 0.29) is 18.2 Å². The van der Waals surface area contributed by atoms with Crippen LogP contribution in [0.25, 0.3) is 0 Å². The Labute approximate surface area is 102 Å². The van der Waals surface area contributed by atoms with Crippen molar-refractivity contribution >= 4 is 33.4 Å². The molecule has 0 saturated carbocycles. The maximum absolute atomic E-state index is 11.7. The molecule has 5 heteroatoms. The monoisotopic (exact) mass is 282 g/mol. The van der Waals surface area contributed by atoms with E-state index < -0.39 is 5.91 Å². The Hall–Kier alpha value is -1.36. The lowest BCUT2D eigenvalue weighted by atomic mass is 10.1. The minimum absolute atomic E-state index is 0.0538. The van der Waals surface area contributed by atoms with Gasteiger partial charge in [0.1, 0.15) is 0 Å². The third-order valence-corrected chi connectivity index (χ3v) is 3.14. The number of carbonyl (C=O) groups is 2. The molecule has 1 saturated heterocycles. The van der Waals surface area contributed by atoms with Crippen molar-refractivity contribution in [2.75, 3.05) is 11.4 Å². The minimum Gasteiger partial charge on any atom is -0.369 e. The molecule has 1 atom stereocenters. The van der Waals surface area contributed by atoms with Crippen LogP contribution in [0.5, 0.6) is 0 Å². The third-order valence-electron chi connectivity index (χ3n) is 2.65. The molecule has 0 spiro atoms. The number of halogens is 1. The summed E-state index contributed by atoms with van der Waals surface area (Å²) in [6.07, 6.45) is 0.210. The summed E-state index contributed by atoms with van der Waals surface area (Å²) in [6.45, 7) is 0.380. The van der Waals surface area contributed by atoms with Crippen molar-refractivity contribution in [3.8, 4) is 0 Å². The number of carbonyl (C=O) groups excluding carboxylic acids is 2. The molecular weight excluding hydrogens is 272 g/mol. The molecule has 2 N–H and O–H groups in total. The zero-order valence-electron chi connectivity index (χ0n) is 8.52. The van der Waals surface area contributed by atoms with E-state index in [0.717, 1.165) is 10.2 Å². The molecule has 84 valence electrons. The van der Waals surface area contributed by atoms with Gasteiger partial charge in [-0.05, 0) is 18.2 Å². The standard InChI is InChI=1S/C11H11BrN2O2/c12-8-2-1-3-9(5-8)14-6-7(11(13)16)4-10(14)15/h1-3,5,7H,4,6H2,(H2,13,16)/t7-/m0/s1. The molecule has 1 heterocycles. The van der Waals surface area contributed by atoms with Crippen molar-refractivity contribution in [3.05, 3.63) is 28.7 Å². The van der Waals surface area contributed by atoms with E-state index in [1.54, 1.807) is 4.90 Å². The Balaban J connectivity index is 2.23. The number of hydrogen-bond acceptors (Lipinski definition) is 2. The maximum Gasteiger partial charge on any atom is 0.227 e. The van der Waals surface area contributed by atoms with E-state index in [2.05, 4.69) is 15.9 Å². The number of rotatable bonds is 2. The second kappa shape index (κ2) is 4.25. The molecule has 2 rings (SSSR count). The van der Waals surface area contributed by atoms with Crippen molar-refractivity contribution in [1.82, 2.24) is 0 Å². The summed E-state index contributed by atoms with van der Waals surface area (Å²) < 4.78 is 0.903. The van der Waals surface area contributed by atoms with Gasteiger partial charge < -0.3 is 10.6 Å². The van der Waals surface area contributed by atoms with Gasteiger partial charge in [0.15, 0.2) is 0 Å². The highest BCUT2D eigenvalue weighted by Gasteiger charge is 2.33. The van der Waals surface area contributed by atoms with Crippen LogP contribution in [0, 0.1) is 5.92 Å². The van der Waals surface area contributed by atoms with Crippen LogP contribution < -0.4 is 10.6 Å². The Bertz CT molecular complexity index is 447. The zero-order valence-corrected chi connectivity index (χ0v) is 10.1. The number of hydrogen-bond donors (Lipinski definition) is 1. The van der Waals surface area contributed by atoms with E-state index in [4.69, 9.17) is 5.73 Å². The summed E-state index contributed by atoms with van der Waals surface area (Å²) in [5.74, 6) is -0.834. The van der Waals surface area contributed by atoms with E-state index in [1.807, 2.05) is 24.3 Å². The fraction of sp³-hybridized carbons (Fsp3) is 0.273. The predicted molar refractivity (Wildman–Crippen MR) is 63.8 cm³/mol. The van der Waals surface area contributed by atoms with Gasteiger partial charge in [-0.25, -0.2) is 0 Å². The van der Waals surface area contributed by atoms with Gasteiger partial charge in [-0.15, -0.1) is 0 Å². The lowest BCUT2D eigenvalue weighted by molar-refractivity contribution is -0.123. The third kappa shape index (κ3) is 2.09. The average Bonchev–Trinajstić information content (AvgIpc) is 2.60. The van der Waals surface area contributed by atoms with Crippen LogP contribution in [0.2, 0.25) is 0 Å². The number of nitrogens with two attached hydrogens (primary N) is 1. The van der Waals surface area contributed by atoms with Crippen LogP contribution in [0.15, 0.2) is 28.7 Å². The fourth-order valence-electron chi connectivity index (χ4n) is 1.79. The highest BCUT2D eigenvalue weighted by atomic mass is 79.9. The van der Waals surface area contributed by atoms with Crippen LogP contribution in [0.4, 0.5) is 5.69 Å². The van der Waals surface area contributed by atoms with Crippen molar-refractivity contribution in [2.45, 2.75) is 6.42 Å². The number of anilines is 1. The Kier molecular flexibility index (Phi) is 2.96. The number of primary amides is 1. The van der Waals surface area contributed by atoms with Crippen molar-refractivity contribution < 1.29 is 9.59 Å². The molecule has 0 aliphatic carbocycles. The van der Waals surface area contributed by atoms with Crippen LogP contribution in [-0.4, -0.2) is 18.4 Å². The van der Waals surface area contributed by atoms with Gasteiger partial charge in [-0.3, -0.25) is 9.59 Å². The summed E-state index contributed by atoms with van der Waals surface area (Å²) >= 11 is 3.34. The van der Waals surface area contributed by atoms with Gasteiger partial charge in [0, 0.05) is 23.1 Å². The van der Waals surface area contributed by atoms with Gasteiger partial charge in [0.05, 0.1) is 5.92 Å². The topological polar surface area (TPSA) is 63.4 Å². The molecule has 2 amide bonds. The number of amides is 2. The average molecular weight is 283 g/mol. The SMILES string of the molecule is NC(=O)[C@H]1CC(=O)N(c2cccc(Br)c2)C1. The van der Waals surface area contributed by atoms with E-state index in [1.165, 1.54) is 0 Å². The normalized spacial score (nSPS) is 20.2. The van der Waals surface area contributed by atoms with Crippen molar-refractivity contribution in [3.63, 3.8) is 0 Å². The number of nitrogens with zero attached hydrogens (tertiary/aromatic N) is 1. The largest absolute Gasteiger partial charge is 0.369 e. The minimum atomic E-state index is -0.411. The Morgan fingerprint density at radius 3 is 2.81 bits per heavy atom. The molecule has 0 radical (unpaired) electrons. The summed E-state index contributed by atoms with van der Waals surface area (Å²) in [7, 11) is 0. The van der Waals surface area contributed by atoms with Crippen LogP contribution >= 0.6 is 15.9 Å². The quantitative estimate of drug-likeness (QED) is 0.888. The first-order chi connectivity index (χ1) is 7.58. The van der Waals surface area contributed by atoms with Crippen LogP contribution in [0.3, 0.4) is 0 Å². The van der Waals surface area contributed by atoms with Gasteiger partial charge in [-0.2, -0.15) is 0 Å². The Morgan fingerprint density at radius 2 is 2.25 bits per heavy atom. The molecule has 1 aromatic rings. The smallest absolute Gasteiger partial charge is 0.227 e. The van der Waals surface area contributed by atoms with E-state index in [9.17, 15) is 9.59 Å². The fourth-order valence-corrected chi connectivity index (χ4v) is 2.18. The Morgan fingerprint density at radius 1 is 1.50 bits per heavy atom. The molecular formula is C11H11BrN2O2. The van der Waals surface area contributed by atoms with E-state index in [0.29, 0.717) is 6.54 Å². The molecule has 4 nitrogen and oxygen atoms in total. The molecule has 0 aromatic heterocycles. The predicted octanol–water partition coefficient (Wildman–Crippen LogP) is 1.29. The molecule has 1 aromatic carbocycles. The second-order valence-electron chi connectivity index (χ2n) is 3.79. The van der Waals surface area contributed by atoms with Crippen LogP contribution in [0.1, 0.15) is 6.42 Å². The number of benzene rings is 1. The zero-order chi connectivity index (χ0) is 11.7.